The van der Waals surface area contributed by atoms with E-state index in [2.05, 4.69) is 10.0 Å². The Bertz CT molecular complexity index is 423. The van der Waals surface area contributed by atoms with Gasteiger partial charge in [-0.2, -0.15) is 0 Å². The SMILES string of the molecule is COc1ccc(C(C)=O)cc1CN=[N+]=[N-]. The van der Waals surface area contributed by atoms with Gasteiger partial charge >= 0.3 is 0 Å². The Labute approximate surface area is 87.3 Å². The van der Waals surface area contributed by atoms with Crippen molar-refractivity contribution in [2.45, 2.75) is 13.5 Å². The number of rotatable bonds is 4. The molecule has 0 unspecified atom stereocenters. The number of carbonyl (C=O) groups is 1. The maximum Gasteiger partial charge on any atom is 0.159 e. The zero-order chi connectivity index (χ0) is 11.3. The number of hydrogen-bond donors (Lipinski definition) is 0. The molecule has 0 heterocycles. The van der Waals surface area contributed by atoms with Gasteiger partial charge in [-0.15, -0.1) is 0 Å². The topological polar surface area (TPSA) is 75.1 Å². The maximum atomic E-state index is 11.1. The predicted octanol–water partition coefficient (Wildman–Crippen LogP) is 2.71. The van der Waals surface area contributed by atoms with E-state index in [0.29, 0.717) is 16.9 Å². The Morgan fingerprint density at radius 1 is 1.60 bits per heavy atom. The van der Waals surface area contributed by atoms with Gasteiger partial charge in [-0.3, -0.25) is 4.79 Å². The molecule has 15 heavy (non-hydrogen) atoms. The Hall–Kier alpha value is -2.00. The van der Waals surface area contributed by atoms with Gasteiger partial charge < -0.3 is 4.74 Å². The normalized spacial score (nSPS) is 9.20. The van der Waals surface area contributed by atoms with Crippen LogP contribution in [0, 0.1) is 0 Å². The summed E-state index contributed by atoms with van der Waals surface area (Å²) in [5, 5.41) is 3.44. The maximum absolute atomic E-state index is 11.1. The van der Waals surface area contributed by atoms with Crippen LogP contribution in [-0.2, 0) is 6.54 Å². The number of Topliss-reactive ketones (excluding diaryl/α,β-unsaturated/α-hetero) is 1. The second-order valence-corrected chi connectivity index (χ2v) is 2.97. The van der Waals surface area contributed by atoms with Crippen molar-refractivity contribution >= 4 is 5.78 Å². The molecular formula is C10H11N3O2. The van der Waals surface area contributed by atoms with Gasteiger partial charge in [0.25, 0.3) is 0 Å². The van der Waals surface area contributed by atoms with Crippen molar-refractivity contribution in [3.05, 3.63) is 39.8 Å². The van der Waals surface area contributed by atoms with Crippen LogP contribution in [0.15, 0.2) is 23.3 Å². The second-order valence-electron chi connectivity index (χ2n) is 2.97. The zero-order valence-corrected chi connectivity index (χ0v) is 8.60. The van der Waals surface area contributed by atoms with Gasteiger partial charge in [0.1, 0.15) is 5.75 Å². The van der Waals surface area contributed by atoms with Crippen molar-refractivity contribution < 1.29 is 9.53 Å². The molecule has 0 saturated heterocycles. The van der Waals surface area contributed by atoms with Gasteiger partial charge in [-0.25, -0.2) is 0 Å². The molecule has 0 atom stereocenters. The number of ketones is 1. The molecule has 0 radical (unpaired) electrons. The van der Waals surface area contributed by atoms with E-state index in [1.54, 1.807) is 18.2 Å². The van der Waals surface area contributed by atoms with Gasteiger partial charge in [0.05, 0.1) is 13.7 Å². The molecule has 5 nitrogen and oxygen atoms in total. The van der Waals surface area contributed by atoms with Gasteiger partial charge in [-0.1, -0.05) is 5.11 Å². The molecule has 1 aromatic rings. The van der Waals surface area contributed by atoms with Gasteiger partial charge in [-0.05, 0) is 30.7 Å². The fourth-order valence-electron chi connectivity index (χ4n) is 1.23. The Kier molecular flexibility index (Phi) is 3.71. The summed E-state index contributed by atoms with van der Waals surface area (Å²) in [4.78, 5) is 13.8. The van der Waals surface area contributed by atoms with Crippen molar-refractivity contribution in [2.75, 3.05) is 7.11 Å². The standard InChI is InChI=1S/C10H11N3O2/c1-7(14)8-3-4-10(15-2)9(5-8)6-12-13-11/h3-5H,6H2,1-2H3. The molecule has 0 bridgehead atoms. The lowest BCUT2D eigenvalue weighted by atomic mass is 10.1. The monoisotopic (exact) mass is 205 g/mol. The third-order valence-corrected chi connectivity index (χ3v) is 1.99. The van der Waals surface area contributed by atoms with E-state index in [0.717, 1.165) is 0 Å². The van der Waals surface area contributed by atoms with Crippen LogP contribution in [-0.4, -0.2) is 12.9 Å². The van der Waals surface area contributed by atoms with Crippen LogP contribution in [0.2, 0.25) is 0 Å². The van der Waals surface area contributed by atoms with E-state index in [9.17, 15) is 4.79 Å². The van der Waals surface area contributed by atoms with Crippen molar-refractivity contribution in [1.82, 2.24) is 0 Å². The minimum Gasteiger partial charge on any atom is -0.496 e. The summed E-state index contributed by atoms with van der Waals surface area (Å²) in [5.74, 6) is 0.590. The van der Waals surface area contributed by atoms with E-state index in [-0.39, 0.29) is 12.3 Å². The summed E-state index contributed by atoms with van der Waals surface area (Å²) in [5.41, 5.74) is 9.51. The average Bonchev–Trinajstić information content (AvgIpc) is 2.25. The molecule has 0 aromatic heterocycles. The summed E-state index contributed by atoms with van der Waals surface area (Å²) in [6.45, 7) is 1.67. The van der Waals surface area contributed by atoms with Gasteiger partial charge in [0, 0.05) is 16.0 Å². The molecule has 78 valence electrons. The lowest BCUT2D eigenvalue weighted by Crippen LogP contribution is -1.96. The van der Waals surface area contributed by atoms with Crippen LogP contribution in [0.5, 0.6) is 5.75 Å². The highest BCUT2D eigenvalue weighted by molar-refractivity contribution is 5.94. The first-order chi connectivity index (χ1) is 7.19. The number of methoxy groups -OCH3 is 1. The van der Waals surface area contributed by atoms with E-state index in [1.807, 2.05) is 0 Å². The summed E-state index contributed by atoms with van der Waals surface area (Å²) in [7, 11) is 1.53. The molecule has 0 N–H and O–H groups in total. The van der Waals surface area contributed by atoms with Crippen LogP contribution < -0.4 is 4.74 Å². The molecule has 0 spiro atoms. The molecular weight excluding hydrogens is 194 g/mol. The fraction of sp³-hybridized carbons (Fsp3) is 0.300. The molecule has 0 saturated carbocycles. The van der Waals surface area contributed by atoms with Crippen molar-refractivity contribution in [2.24, 2.45) is 5.11 Å². The quantitative estimate of drug-likeness (QED) is 0.328. The number of hydrogen-bond acceptors (Lipinski definition) is 3. The zero-order valence-electron chi connectivity index (χ0n) is 8.60. The number of carbonyl (C=O) groups excluding carboxylic acids is 1. The summed E-state index contributed by atoms with van der Waals surface area (Å²) < 4.78 is 5.08. The molecule has 0 aliphatic heterocycles. The van der Waals surface area contributed by atoms with Crippen LogP contribution >= 0.6 is 0 Å². The summed E-state index contributed by atoms with van der Waals surface area (Å²) in [6, 6.07) is 5.05. The second kappa shape index (κ2) is 5.02. The third kappa shape index (κ3) is 2.72. The molecule has 1 aromatic carbocycles. The minimum atomic E-state index is -0.0279. The van der Waals surface area contributed by atoms with Crippen LogP contribution in [0.3, 0.4) is 0 Å². The molecule has 5 heteroatoms. The van der Waals surface area contributed by atoms with Crippen molar-refractivity contribution in [3.63, 3.8) is 0 Å². The van der Waals surface area contributed by atoms with E-state index < -0.39 is 0 Å². The van der Waals surface area contributed by atoms with E-state index in [4.69, 9.17) is 10.3 Å². The van der Waals surface area contributed by atoms with Gasteiger partial charge in [0.15, 0.2) is 5.78 Å². The van der Waals surface area contributed by atoms with Crippen molar-refractivity contribution in [1.29, 1.82) is 0 Å². The van der Waals surface area contributed by atoms with Crippen LogP contribution in [0.1, 0.15) is 22.8 Å². The number of azide groups is 1. The molecule has 0 aliphatic carbocycles. The molecule has 1 rings (SSSR count). The highest BCUT2D eigenvalue weighted by Crippen LogP contribution is 2.21. The summed E-state index contributed by atoms with van der Waals surface area (Å²) in [6.07, 6.45) is 0. The first-order valence-corrected chi connectivity index (χ1v) is 4.37. The first-order valence-electron chi connectivity index (χ1n) is 4.37. The molecule has 0 aliphatic rings. The third-order valence-electron chi connectivity index (χ3n) is 1.99. The Morgan fingerprint density at radius 3 is 2.87 bits per heavy atom. The van der Waals surface area contributed by atoms with Crippen LogP contribution in [0.4, 0.5) is 0 Å². The Morgan fingerprint density at radius 2 is 2.33 bits per heavy atom. The molecule has 0 amide bonds. The fourth-order valence-corrected chi connectivity index (χ4v) is 1.23. The van der Waals surface area contributed by atoms with Gasteiger partial charge in [0.2, 0.25) is 0 Å². The largest absolute Gasteiger partial charge is 0.496 e. The van der Waals surface area contributed by atoms with Crippen LogP contribution in [0.25, 0.3) is 10.4 Å². The lowest BCUT2D eigenvalue weighted by Gasteiger charge is -2.07. The smallest absolute Gasteiger partial charge is 0.159 e. The first kappa shape index (κ1) is 11.1. The van der Waals surface area contributed by atoms with E-state index >= 15 is 0 Å². The highest BCUT2D eigenvalue weighted by Gasteiger charge is 2.05. The predicted molar refractivity (Wildman–Crippen MR) is 55.8 cm³/mol. The van der Waals surface area contributed by atoms with Crippen molar-refractivity contribution in [3.8, 4) is 5.75 Å². The Balaban J connectivity index is 3.12. The average molecular weight is 205 g/mol. The lowest BCUT2D eigenvalue weighted by molar-refractivity contribution is 0.101. The highest BCUT2D eigenvalue weighted by atomic mass is 16.5. The number of nitrogens with zero attached hydrogens (tertiary/aromatic N) is 3. The number of benzene rings is 1. The minimum absolute atomic E-state index is 0.0279. The van der Waals surface area contributed by atoms with E-state index in [1.165, 1.54) is 14.0 Å². The molecule has 0 fully saturated rings. The summed E-state index contributed by atoms with van der Waals surface area (Å²) >= 11 is 0. The number of ether oxygens (including phenoxy) is 1.